The van der Waals surface area contributed by atoms with E-state index in [0.29, 0.717) is 12.1 Å². The van der Waals surface area contributed by atoms with Crippen molar-refractivity contribution in [3.63, 3.8) is 0 Å². The Morgan fingerprint density at radius 1 is 0.338 bits per heavy atom. The molecule has 22 heteroatoms. The molecule has 370 valence electrons. The third kappa shape index (κ3) is 9.20. The second-order valence-corrected chi connectivity index (χ2v) is 16.5. The van der Waals surface area contributed by atoms with Crippen molar-refractivity contribution < 1.29 is 85.7 Å². The van der Waals surface area contributed by atoms with Crippen molar-refractivity contribution in [2.24, 2.45) is 0 Å². The van der Waals surface area contributed by atoms with Crippen LogP contribution in [0.4, 0.5) is 26.3 Å². The normalized spacial score (nSPS) is 12.2. The van der Waals surface area contributed by atoms with Gasteiger partial charge in [0.25, 0.3) is 0 Å². The van der Waals surface area contributed by atoms with E-state index in [1.165, 1.54) is 48.6 Å². The minimum atomic E-state index is -5.33. The van der Waals surface area contributed by atoms with Gasteiger partial charge in [-0.1, -0.05) is 0 Å². The smallest absolute Gasteiger partial charge is 0.416 e. The van der Waals surface area contributed by atoms with Gasteiger partial charge in [0, 0.05) is 44.3 Å². The molecule has 0 amide bonds. The number of rotatable bonds is 10. The summed E-state index contributed by atoms with van der Waals surface area (Å²) in [5.41, 5.74) is -8.99. The lowest BCUT2D eigenvalue weighted by Crippen LogP contribution is -2.11. The summed E-state index contributed by atoms with van der Waals surface area (Å²) < 4.78 is 87.1. The Hall–Kier alpha value is -10.1. The van der Waals surface area contributed by atoms with E-state index in [1.807, 2.05) is 0 Å². The standard InChI is InChI=1S/C52H28F6N4O12/c53-51(54,55)31-18-24(19-32(20-31)52(56,57)58)44-39-7-5-37(61-39)42(22-11-27(47(67)68)16-28(12-22)48(69)70)35-3-1-33(59-35)41(21-9-25(45(63)64)15-26(10-21)46(65)66)34-2-4-36(60-34)43(38-6-8-40(44)62-38)23-13-29(49(71)72)17-30(14-23)50(73)74/h1-20,59,62H,(H,63,64)(H,65,66)(H,67,68)(H,69,70)(H,71,72)(H,73,74). The molecule has 0 atom stereocenters. The lowest BCUT2D eigenvalue weighted by molar-refractivity contribution is -0.143. The number of carbonyl (C=O) groups is 6. The van der Waals surface area contributed by atoms with Gasteiger partial charge in [0.2, 0.25) is 0 Å². The van der Waals surface area contributed by atoms with Crippen molar-refractivity contribution >= 4 is 82.2 Å². The Labute approximate surface area is 408 Å². The van der Waals surface area contributed by atoms with Crippen LogP contribution in [0.3, 0.4) is 0 Å². The average molecular weight is 1010 g/mol. The average Bonchev–Trinajstić information content (AvgIpc) is 4.19. The van der Waals surface area contributed by atoms with Gasteiger partial charge < -0.3 is 40.6 Å². The summed E-state index contributed by atoms with van der Waals surface area (Å²) in [5, 5.41) is 60.6. The summed E-state index contributed by atoms with van der Waals surface area (Å²) in [6.07, 6.45) is -5.44. The second-order valence-electron chi connectivity index (χ2n) is 16.5. The summed E-state index contributed by atoms with van der Waals surface area (Å²) in [7, 11) is 0. The number of fused-ring (bicyclic) bond motifs is 8. The maximum absolute atomic E-state index is 14.5. The topological polar surface area (TPSA) is 281 Å². The summed E-state index contributed by atoms with van der Waals surface area (Å²) in [6, 6.07) is 15.4. The minimum Gasteiger partial charge on any atom is -0.478 e. The quantitative estimate of drug-likeness (QED) is 0.0592. The number of benzene rings is 4. The Balaban J connectivity index is 1.54. The molecule has 8 N–H and O–H groups in total. The minimum absolute atomic E-state index is 0.00104. The predicted octanol–water partition coefficient (Wildman–Crippen LogP) is 11.6. The molecule has 5 heterocycles. The molecule has 0 radical (unpaired) electrons. The number of aromatic nitrogens is 4. The molecular formula is C52H28F6N4O12. The number of nitrogens with zero attached hydrogens (tertiary/aromatic N) is 2. The van der Waals surface area contributed by atoms with Crippen LogP contribution in [0.15, 0.2) is 97.1 Å². The molecule has 4 aromatic carbocycles. The Bertz CT molecular complexity index is 3720. The number of aromatic amines is 2. The van der Waals surface area contributed by atoms with E-state index in [1.54, 1.807) is 0 Å². The number of carboxylic acid groups (broad SMARTS) is 6. The first-order chi connectivity index (χ1) is 34.8. The molecule has 8 bridgehead atoms. The van der Waals surface area contributed by atoms with E-state index in [2.05, 4.69) is 15.0 Å². The first-order valence-electron chi connectivity index (χ1n) is 21.2. The fourth-order valence-corrected chi connectivity index (χ4v) is 8.58. The van der Waals surface area contributed by atoms with Crippen LogP contribution in [-0.2, 0) is 12.4 Å². The maximum atomic E-state index is 14.5. The third-order valence-electron chi connectivity index (χ3n) is 11.8. The van der Waals surface area contributed by atoms with E-state index in [4.69, 9.17) is 4.98 Å². The zero-order valence-corrected chi connectivity index (χ0v) is 36.8. The molecule has 3 aromatic heterocycles. The number of nitrogens with one attached hydrogen (secondary N) is 2. The van der Waals surface area contributed by atoms with Crippen LogP contribution in [0.25, 0.3) is 90.9 Å². The van der Waals surface area contributed by atoms with Gasteiger partial charge in [0.1, 0.15) is 0 Å². The van der Waals surface area contributed by atoms with E-state index >= 15 is 0 Å². The molecule has 2 aliphatic rings. The summed E-state index contributed by atoms with van der Waals surface area (Å²) in [6.45, 7) is 0. The maximum Gasteiger partial charge on any atom is 0.416 e. The number of H-pyrrole nitrogens is 2. The van der Waals surface area contributed by atoms with Crippen LogP contribution < -0.4 is 0 Å². The van der Waals surface area contributed by atoms with Crippen molar-refractivity contribution in [2.45, 2.75) is 12.4 Å². The number of aromatic carboxylic acids is 6. The van der Waals surface area contributed by atoms with Gasteiger partial charge in [-0.05, 0) is 144 Å². The van der Waals surface area contributed by atoms with Gasteiger partial charge >= 0.3 is 48.2 Å². The first-order valence-corrected chi connectivity index (χ1v) is 21.2. The van der Waals surface area contributed by atoms with Crippen molar-refractivity contribution in [1.29, 1.82) is 0 Å². The van der Waals surface area contributed by atoms with E-state index in [9.17, 15) is 85.7 Å². The lowest BCUT2D eigenvalue weighted by atomic mass is 9.97. The van der Waals surface area contributed by atoms with Crippen LogP contribution in [-0.4, -0.2) is 86.4 Å². The van der Waals surface area contributed by atoms with Gasteiger partial charge in [0.15, 0.2) is 0 Å². The number of hydrogen-bond acceptors (Lipinski definition) is 8. The van der Waals surface area contributed by atoms with Crippen LogP contribution in [0.2, 0.25) is 0 Å². The lowest BCUT2D eigenvalue weighted by Gasteiger charge is -2.15. The highest BCUT2D eigenvalue weighted by Crippen LogP contribution is 2.43. The van der Waals surface area contributed by atoms with E-state index in [-0.39, 0.29) is 84.3 Å². The molecule has 0 fully saturated rings. The van der Waals surface area contributed by atoms with Crippen LogP contribution in [0.5, 0.6) is 0 Å². The number of carboxylic acids is 6. The molecule has 2 aliphatic heterocycles. The molecule has 7 aromatic rings. The molecule has 0 saturated heterocycles. The number of halogens is 6. The highest BCUT2D eigenvalue weighted by atomic mass is 19.4. The van der Waals surface area contributed by atoms with E-state index in [0.717, 1.165) is 54.6 Å². The van der Waals surface area contributed by atoms with E-state index < -0.39 is 104 Å². The van der Waals surface area contributed by atoms with Gasteiger partial charge in [-0.15, -0.1) is 0 Å². The second kappa shape index (κ2) is 17.9. The summed E-state index contributed by atoms with van der Waals surface area (Å²) >= 11 is 0. The zero-order valence-electron chi connectivity index (χ0n) is 36.8. The molecule has 16 nitrogen and oxygen atoms in total. The van der Waals surface area contributed by atoms with Crippen LogP contribution in [0, 0.1) is 0 Å². The van der Waals surface area contributed by atoms with Crippen molar-refractivity contribution in [2.75, 3.05) is 0 Å². The Morgan fingerprint density at radius 3 is 0.757 bits per heavy atom. The molecule has 0 unspecified atom stereocenters. The fourth-order valence-electron chi connectivity index (χ4n) is 8.58. The zero-order chi connectivity index (χ0) is 53.3. The van der Waals surface area contributed by atoms with Gasteiger partial charge in [-0.25, -0.2) is 38.7 Å². The molecule has 0 aliphatic carbocycles. The highest BCUT2D eigenvalue weighted by molar-refractivity contribution is 6.05. The van der Waals surface area contributed by atoms with Crippen molar-refractivity contribution in [3.05, 3.63) is 164 Å². The molecule has 0 spiro atoms. The fraction of sp³-hybridized carbons (Fsp3) is 0.0385. The molecule has 0 saturated carbocycles. The van der Waals surface area contributed by atoms with Gasteiger partial charge in [0.05, 0.1) is 67.3 Å². The highest BCUT2D eigenvalue weighted by Gasteiger charge is 2.37. The Morgan fingerprint density at radius 2 is 0.554 bits per heavy atom. The van der Waals surface area contributed by atoms with Crippen LogP contribution in [0.1, 0.15) is 96.1 Å². The van der Waals surface area contributed by atoms with Crippen LogP contribution >= 0.6 is 0 Å². The number of hydrogen-bond donors (Lipinski definition) is 8. The Kier molecular flexibility index (Phi) is 11.8. The monoisotopic (exact) mass is 1010 g/mol. The summed E-state index contributed by atoms with van der Waals surface area (Å²) in [4.78, 5) is 90.2. The predicted molar refractivity (Wildman–Crippen MR) is 252 cm³/mol. The first kappa shape index (κ1) is 48.9. The van der Waals surface area contributed by atoms with Gasteiger partial charge in [-0.3, -0.25) is 0 Å². The molecular weight excluding hydrogens is 987 g/mol. The summed E-state index contributed by atoms with van der Waals surface area (Å²) in [5.74, 6) is -9.34. The van der Waals surface area contributed by atoms with Crippen molar-refractivity contribution in [3.8, 4) is 44.5 Å². The largest absolute Gasteiger partial charge is 0.478 e. The molecule has 74 heavy (non-hydrogen) atoms. The third-order valence-corrected chi connectivity index (χ3v) is 11.8. The SMILES string of the molecule is O=C(O)c1cc(C(=O)O)cc(-c2c3nc(c(-c4cc(C(=O)O)cc(C(=O)O)c4)c4ccc([nH]4)c(-c4cc(C(F)(F)F)cc(C(F)(F)F)c4)c4nc(c(-c5cc(C(=O)O)cc(C(=O)O)c5)c5ccc2[nH]5)C=C4)C=C3)c1. The van der Waals surface area contributed by atoms with Crippen molar-refractivity contribution in [1.82, 2.24) is 19.9 Å². The molecule has 9 rings (SSSR count). The van der Waals surface area contributed by atoms with Gasteiger partial charge in [-0.2, -0.15) is 26.3 Å². The number of alkyl halides is 6.